The van der Waals surface area contributed by atoms with Crippen LogP contribution in [-0.4, -0.2) is 23.1 Å². The number of carbonyl (C=O) groups excluding carboxylic acids is 1. The maximum absolute atomic E-state index is 12.7. The number of rotatable bonds is 0. The lowest BCUT2D eigenvalue weighted by atomic mass is 9.85. The van der Waals surface area contributed by atoms with Crippen LogP contribution in [0.3, 0.4) is 0 Å². The van der Waals surface area contributed by atoms with Crippen LogP contribution in [0.1, 0.15) is 38.1 Å². The van der Waals surface area contributed by atoms with Crippen molar-refractivity contribution in [3.63, 3.8) is 0 Å². The Bertz CT molecular complexity index is 576. The second kappa shape index (κ2) is 4.12. The number of nitrogens with zero attached hydrogens (tertiary/aromatic N) is 1. The van der Waals surface area contributed by atoms with E-state index in [1.807, 2.05) is 29.2 Å². The molecule has 100 valence electrons. The Morgan fingerprint density at radius 2 is 1.79 bits per heavy atom. The monoisotopic (exact) mass is 257 g/mol. The third-order valence-electron chi connectivity index (χ3n) is 4.65. The number of amides is 1. The molecular formula is C16H19NO2. The van der Waals surface area contributed by atoms with Crippen molar-refractivity contribution in [2.24, 2.45) is 5.92 Å². The molecule has 2 aliphatic rings. The molecule has 0 saturated carbocycles. The van der Waals surface area contributed by atoms with Crippen molar-refractivity contribution >= 4 is 5.91 Å². The molecule has 0 aromatic heterocycles. The Morgan fingerprint density at radius 3 is 2.53 bits per heavy atom. The molecule has 3 atom stereocenters. The van der Waals surface area contributed by atoms with Gasteiger partial charge in [0.05, 0.1) is 11.6 Å². The summed E-state index contributed by atoms with van der Waals surface area (Å²) in [6, 6.07) is 7.61. The normalized spacial score (nSPS) is 29.8. The van der Waals surface area contributed by atoms with Crippen LogP contribution in [0, 0.1) is 5.92 Å². The third kappa shape index (κ3) is 1.61. The fourth-order valence-corrected chi connectivity index (χ4v) is 3.04. The number of fused-ring (bicyclic) bond motifs is 2. The molecule has 1 aromatic rings. The van der Waals surface area contributed by atoms with Gasteiger partial charge in [0.15, 0.2) is 6.23 Å². The van der Waals surface area contributed by atoms with Crippen LogP contribution in [-0.2, 0) is 0 Å². The lowest BCUT2D eigenvalue weighted by Crippen LogP contribution is -2.57. The Balaban J connectivity index is 2.11. The molecule has 19 heavy (non-hydrogen) atoms. The van der Waals surface area contributed by atoms with Crippen LogP contribution in [0.25, 0.3) is 0 Å². The van der Waals surface area contributed by atoms with Crippen molar-refractivity contribution in [1.29, 1.82) is 0 Å². The van der Waals surface area contributed by atoms with Crippen molar-refractivity contribution in [2.45, 2.75) is 40.0 Å². The molecule has 1 amide bonds. The number of benzene rings is 1. The van der Waals surface area contributed by atoms with Crippen LogP contribution in [0.4, 0.5) is 0 Å². The number of hydrogen-bond acceptors (Lipinski definition) is 2. The molecule has 3 heteroatoms. The minimum atomic E-state index is -0.180. The maximum atomic E-state index is 12.7. The minimum Gasteiger partial charge on any atom is -0.469 e. The fraction of sp³-hybridized carbons (Fsp3) is 0.438. The second-order valence-electron chi connectivity index (χ2n) is 5.55. The largest absolute Gasteiger partial charge is 0.469 e. The number of carbonyl (C=O) groups is 1. The highest BCUT2D eigenvalue weighted by Gasteiger charge is 2.43. The average molecular weight is 257 g/mol. The lowest BCUT2D eigenvalue weighted by molar-refractivity contribution is -0.0274. The van der Waals surface area contributed by atoms with Gasteiger partial charge in [0, 0.05) is 5.92 Å². The fourth-order valence-electron chi connectivity index (χ4n) is 3.04. The summed E-state index contributed by atoms with van der Waals surface area (Å²) in [6.45, 7) is 8.46. The van der Waals surface area contributed by atoms with Crippen molar-refractivity contribution in [3.05, 3.63) is 41.0 Å². The summed E-state index contributed by atoms with van der Waals surface area (Å²) < 4.78 is 6.08. The zero-order valence-corrected chi connectivity index (χ0v) is 11.8. The van der Waals surface area contributed by atoms with E-state index in [0.29, 0.717) is 11.3 Å². The second-order valence-corrected chi connectivity index (χ2v) is 5.55. The van der Waals surface area contributed by atoms with Crippen molar-refractivity contribution in [3.8, 4) is 5.75 Å². The van der Waals surface area contributed by atoms with E-state index in [4.69, 9.17) is 4.74 Å². The first-order chi connectivity index (χ1) is 9.02. The van der Waals surface area contributed by atoms with E-state index >= 15 is 0 Å². The molecule has 0 fully saturated rings. The zero-order valence-electron chi connectivity index (χ0n) is 11.8. The molecule has 3 nitrogen and oxygen atoms in total. The quantitative estimate of drug-likeness (QED) is 0.668. The highest BCUT2D eigenvalue weighted by molar-refractivity contribution is 5.98. The van der Waals surface area contributed by atoms with Gasteiger partial charge in [-0.1, -0.05) is 30.2 Å². The van der Waals surface area contributed by atoms with Gasteiger partial charge >= 0.3 is 0 Å². The van der Waals surface area contributed by atoms with Gasteiger partial charge in [-0.05, 0) is 32.9 Å². The van der Waals surface area contributed by atoms with Crippen LogP contribution >= 0.6 is 0 Å². The molecule has 1 aromatic carbocycles. The van der Waals surface area contributed by atoms with E-state index in [0.717, 1.165) is 0 Å². The SMILES string of the molecule is CC1=C(C)C(C)N2C(=O)c3ccccc3OC2C1C. The van der Waals surface area contributed by atoms with E-state index in [9.17, 15) is 4.79 Å². The number of ether oxygens (including phenoxy) is 1. The molecule has 0 saturated heterocycles. The zero-order chi connectivity index (χ0) is 13.7. The predicted molar refractivity (Wildman–Crippen MR) is 74.0 cm³/mol. The van der Waals surface area contributed by atoms with Crippen LogP contribution in [0.15, 0.2) is 35.4 Å². The number of hydrogen-bond donors (Lipinski definition) is 0. The topological polar surface area (TPSA) is 29.5 Å². The van der Waals surface area contributed by atoms with Crippen LogP contribution in [0.5, 0.6) is 5.75 Å². The molecule has 2 heterocycles. The summed E-state index contributed by atoms with van der Waals surface area (Å²) in [6.07, 6.45) is -0.180. The van der Waals surface area contributed by atoms with Crippen molar-refractivity contribution < 1.29 is 9.53 Å². The van der Waals surface area contributed by atoms with Gasteiger partial charge in [0.25, 0.3) is 5.91 Å². The first-order valence-corrected chi connectivity index (χ1v) is 6.78. The maximum Gasteiger partial charge on any atom is 0.260 e. The highest BCUT2D eigenvalue weighted by Crippen LogP contribution is 2.39. The summed E-state index contributed by atoms with van der Waals surface area (Å²) in [4.78, 5) is 14.6. The van der Waals surface area contributed by atoms with Gasteiger partial charge in [-0.15, -0.1) is 0 Å². The van der Waals surface area contributed by atoms with E-state index in [-0.39, 0.29) is 24.1 Å². The summed E-state index contributed by atoms with van der Waals surface area (Å²) in [5, 5.41) is 0. The smallest absolute Gasteiger partial charge is 0.260 e. The molecule has 0 aliphatic carbocycles. The summed E-state index contributed by atoms with van der Waals surface area (Å²) in [7, 11) is 0. The van der Waals surface area contributed by atoms with E-state index in [2.05, 4.69) is 27.7 Å². The average Bonchev–Trinajstić information content (AvgIpc) is 2.43. The van der Waals surface area contributed by atoms with Gasteiger partial charge in [0.1, 0.15) is 5.75 Å². The van der Waals surface area contributed by atoms with Gasteiger partial charge in [-0.2, -0.15) is 0 Å². The van der Waals surface area contributed by atoms with E-state index in [1.165, 1.54) is 11.1 Å². The molecule has 3 unspecified atom stereocenters. The Labute approximate surface area is 113 Å². The Kier molecular flexibility index (Phi) is 2.66. The van der Waals surface area contributed by atoms with E-state index < -0.39 is 0 Å². The Morgan fingerprint density at radius 1 is 1.11 bits per heavy atom. The van der Waals surface area contributed by atoms with Crippen molar-refractivity contribution in [2.75, 3.05) is 0 Å². The summed E-state index contributed by atoms with van der Waals surface area (Å²) in [5.74, 6) is 1.02. The molecule has 3 rings (SSSR count). The van der Waals surface area contributed by atoms with E-state index in [1.54, 1.807) is 0 Å². The first-order valence-electron chi connectivity index (χ1n) is 6.78. The molecule has 0 bridgehead atoms. The molecule has 0 N–H and O–H groups in total. The van der Waals surface area contributed by atoms with Crippen molar-refractivity contribution in [1.82, 2.24) is 4.90 Å². The Hall–Kier alpha value is -1.77. The van der Waals surface area contributed by atoms with Gasteiger partial charge in [0.2, 0.25) is 0 Å². The lowest BCUT2D eigenvalue weighted by Gasteiger charge is -2.47. The summed E-state index contributed by atoms with van der Waals surface area (Å²) >= 11 is 0. The molecule has 0 spiro atoms. The third-order valence-corrected chi connectivity index (χ3v) is 4.65. The predicted octanol–water partition coefficient (Wildman–Crippen LogP) is 3.22. The van der Waals surface area contributed by atoms with Crippen LogP contribution < -0.4 is 4.74 Å². The van der Waals surface area contributed by atoms with Gasteiger partial charge in [-0.25, -0.2) is 0 Å². The van der Waals surface area contributed by atoms with Crippen LogP contribution in [0.2, 0.25) is 0 Å². The number of para-hydroxylation sites is 1. The highest BCUT2D eigenvalue weighted by atomic mass is 16.5. The standard InChI is InChI=1S/C16H19NO2/c1-9-10(2)12(4)17-15(18)13-7-5-6-8-14(13)19-16(17)11(9)3/h5-8,11-12,16H,1-4H3. The van der Waals surface area contributed by atoms with Gasteiger partial charge in [-0.3, -0.25) is 9.69 Å². The summed E-state index contributed by atoms with van der Waals surface area (Å²) in [5.41, 5.74) is 3.28. The first kappa shape index (κ1) is 12.3. The minimum absolute atomic E-state index is 0.0815. The van der Waals surface area contributed by atoms with Gasteiger partial charge < -0.3 is 4.74 Å². The molecule has 0 radical (unpaired) electrons. The molecule has 2 aliphatic heterocycles. The molecular weight excluding hydrogens is 238 g/mol.